The normalized spacial score (nSPS) is 15.7. The second-order valence-corrected chi connectivity index (χ2v) is 8.14. The number of carbonyl (C=O) groups excluding carboxylic acids is 2. The van der Waals surface area contributed by atoms with Gasteiger partial charge in [-0.1, -0.05) is 0 Å². The van der Waals surface area contributed by atoms with Crippen molar-refractivity contribution in [2.75, 3.05) is 11.9 Å². The van der Waals surface area contributed by atoms with Gasteiger partial charge in [0.25, 0.3) is 10.0 Å². The molecule has 0 unspecified atom stereocenters. The van der Waals surface area contributed by atoms with Crippen molar-refractivity contribution >= 4 is 27.6 Å². The van der Waals surface area contributed by atoms with E-state index >= 15 is 0 Å². The average molecular weight is 419 g/mol. The number of hydrogen-bond acceptors (Lipinski definition) is 8. The summed E-state index contributed by atoms with van der Waals surface area (Å²) in [5, 5.41) is 13.9. The van der Waals surface area contributed by atoms with Gasteiger partial charge in [-0.05, 0) is 26.8 Å². The van der Waals surface area contributed by atoms with Crippen molar-refractivity contribution in [2.45, 2.75) is 31.7 Å². The quantitative estimate of drug-likeness (QED) is 0.749. The first kappa shape index (κ1) is 20.2. The number of nitrogens with one attached hydrogen (secondary N) is 2. The average Bonchev–Trinajstić information content (AvgIpc) is 2.64. The van der Waals surface area contributed by atoms with Gasteiger partial charge in [0.05, 0.1) is 35.0 Å². The molecular weight excluding hydrogens is 398 g/mol. The summed E-state index contributed by atoms with van der Waals surface area (Å²) in [4.78, 5) is 36.7. The van der Waals surface area contributed by atoms with Gasteiger partial charge in [-0.2, -0.15) is 5.26 Å². The highest BCUT2D eigenvalue weighted by atomic mass is 32.2. The van der Waals surface area contributed by atoms with E-state index in [1.54, 1.807) is 13.8 Å². The molecule has 12 heteroatoms. The van der Waals surface area contributed by atoms with Gasteiger partial charge in [-0.25, -0.2) is 22.5 Å². The summed E-state index contributed by atoms with van der Waals surface area (Å²) in [5.41, 5.74) is 1.36. The molecule has 0 aliphatic carbocycles. The van der Waals surface area contributed by atoms with Gasteiger partial charge in [0, 0.05) is 9.05 Å². The van der Waals surface area contributed by atoms with Crippen molar-refractivity contribution in [2.24, 2.45) is 0 Å². The highest BCUT2D eigenvalue weighted by Gasteiger charge is 2.39. The van der Waals surface area contributed by atoms with Crippen molar-refractivity contribution in [1.82, 2.24) is 24.6 Å². The molecule has 1 aliphatic heterocycles. The fraction of sp³-hybridized carbons (Fsp3) is 0.294. The number of sulfonamides is 1. The summed E-state index contributed by atoms with van der Waals surface area (Å²) in [6, 6.07) is 1.70. The largest absolute Gasteiger partial charge is 0.346 e. The second kappa shape index (κ2) is 7.44. The molecule has 154 valence electrons. The van der Waals surface area contributed by atoms with Crippen LogP contribution in [0.2, 0.25) is 0 Å². The van der Waals surface area contributed by atoms with E-state index in [0.29, 0.717) is 15.7 Å². The first-order chi connectivity index (χ1) is 13.6. The Balaban J connectivity index is 0.00000240. The van der Waals surface area contributed by atoms with Gasteiger partial charge in [-0.15, -0.1) is 0 Å². The van der Waals surface area contributed by atoms with Crippen molar-refractivity contribution in [3.05, 3.63) is 41.2 Å². The molecule has 0 spiro atoms. The molecule has 2 aromatic heterocycles. The SMILES string of the molecule is Cc1nc(C#N)cnc1[C@H](C)NC(=O)CN1C(=O)Nc2ccnc(C)c2S1(=O)=O.[HH].[HH]. The van der Waals surface area contributed by atoms with Crippen LogP contribution in [0.1, 0.15) is 38.6 Å². The maximum Gasteiger partial charge on any atom is 0.336 e. The summed E-state index contributed by atoms with van der Waals surface area (Å²) in [6.45, 7) is 4.06. The molecule has 2 aromatic rings. The van der Waals surface area contributed by atoms with Gasteiger partial charge < -0.3 is 10.6 Å². The Bertz CT molecular complexity index is 1170. The van der Waals surface area contributed by atoms with Crippen molar-refractivity contribution in [3.8, 4) is 6.07 Å². The fourth-order valence-electron chi connectivity index (χ4n) is 2.99. The van der Waals surface area contributed by atoms with Crippen LogP contribution in [-0.4, -0.2) is 46.2 Å². The Morgan fingerprint density at radius 1 is 1.38 bits per heavy atom. The predicted octanol–water partition coefficient (Wildman–Crippen LogP) is 1.27. The van der Waals surface area contributed by atoms with E-state index in [9.17, 15) is 18.0 Å². The molecule has 1 aliphatic rings. The standard InChI is InChI=1S/C17H17N7O4S.2H2/c1-9-15(20-7-12(6-18)21-9)10(2)22-14(25)8-24-17(26)23-13-4-5-19-11(3)16(13)29(24,27)28;;/h4-5,7,10H,8H2,1-3H3,(H,22,25)(H,23,26);2*1H/t10-;;/m0../s1. The number of hydrogen-bond donors (Lipinski definition) is 2. The van der Waals surface area contributed by atoms with E-state index in [4.69, 9.17) is 5.26 Å². The molecule has 3 rings (SSSR count). The highest BCUT2D eigenvalue weighted by Crippen LogP contribution is 2.31. The second-order valence-electron chi connectivity index (χ2n) is 6.34. The van der Waals surface area contributed by atoms with E-state index in [1.807, 2.05) is 6.07 Å². The molecule has 0 bridgehead atoms. The zero-order chi connectivity index (χ0) is 21.3. The van der Waals surface area contributed by atoms with Gasteiger partial charge in [0.15, 0.2) is 5.69 Å². The summed E-state index contributed by atoms with van der Waals surface area (Å²) >= 11 is 0. The van der Waals surface area contributed by atoms with E-state index in [0.717, 1.165) is 0 Å². The van der Waals surface area contributed by atoms with Gasteiger partial charge in [-0.3, -0.25) is 14.8 Å². The molecule has 0 fully saturated rings. The number of amides is 3. The lowest BCUT2D eigenvalue weighted by molar-refractivity contribution is -0.121. The molecule has 2 N–H and O–H groups in total. The number of nitrogens with zero attached hydrogens (tertiary/aromatic N) is 5. The monoisotopic (exact) mass is 419 g/mol. The smallest absolute Gasteiger partial charge is 0.336 e. The highest BCUT2D eigenvalue weighted by molar-refractivity contribution is 7.90. The van der Waals surface area contributed by atoms with Crippen LogP contribution >= 0.6 is 0 Å². The number of urea groups is 1. The fourth-order valence-corrected chi connectivity index (χ4v) is 4.58. The number of carbonyl (C=O) groups is 2. The molecule has 0 saturated heterocycles. The maximum absolute atomic E-state index is 12.8. The van der Waals surface area contributed by atoms with Gasteiger partial charge in [0.2, 0.25) is 5.91 Å². The number of anilines is 1. The van der Waals surface area contributed by atoms with Crippen LogP contribution in [-0.2, 0) is 14.8 Å². The Morgan fingerprint density at radius 2 is 2.10 bits per heavy atom. The number of pyridine rings is 1. The number of aryl methyl sites for hydroxylation is 2. The number of nitriles is 1. The van der Waals surface area contributed by atoms with Crippen molar-refractivity contribution in [1.29, 1.82) is 5.26 Å². The molecule has 0 saturated carbocycles. The number of fused-ring (bicyclic) bond motifs is 1. The topological polar surface area (TPSA) is 158 Å². The minimum absolute atomic E-state index is 0. The molecular formula is C17H21N7O4S. The van der Waals surface area contributed by atoms with Crippen LogP contribution in [0.3, 0.4) is 0 Å². The number of rotatable bonds is 4. The zero-order valence-corrected chi connectivity index (χ0v) is 16.6. The lowest BCUT2D eigenvalue weighted by Gasteiger charge is -2.29. The number of aromatic nitrogens is 3. The molecule has 0 radical (unpaired) electrons. The summed E-state index contributed by atoms with van der Waals surface area (Å²) in [7, 11) is -4.24. The van der Waals surface area contributed by atoms with E-state index in [2.05, 4.69) is 25.6 Å². The van der Waals surface area contributed by atoms with Crippen molar-refractivity contribution in [3.63, 3.8) is 0 Å². The van der Waals surface area contributed by atoms with Crippen LogP contribution in [0.15, 0.2) is 23.4 Å². The Kier molecular flexibility index (Phi) is 5.17. The van der Waals surface area contributed by atoms with Crippen LogP contribution < -0.4 is 10.6 Å². The van der Waals surface area contributed by atoms with E-state index < -0.39 is 34.5 Å². The summed E-state index contributed by atoms with van der Waals surface area (Å²) in [6.07, 6.45) is 2.66. The third-order valence-corrected chi connectivity index (χ3v) is 6.18. The Hall–Kier alpha value is -3.59. The van der Waals surface area contributed by atoms with Gasteiger partial charge >= 0.3 is 6.03 Å². The maximum atomic E-state index is 12.8. The van der Waals surface area contributed by atoms with Crippen LogP contribution in [0.25, 0.3) is 0 Å². The molecule has 1 atom stereocenters. The van der Waals surface area contributed by atoms with E-state index in [1.165, 1.54) is 25.4 Å². The van der Waals surface area contributed by atoms with Crippen LogP contribution in [0.5, 0.6) is 0 Å². The Labute approximate surface area is 169 Å². The lowest BCUT2D eigenvalue weighted by atomic mass is 10.2. The zero-order valence-electron chi connectivity index (χ0n) is 15.8. The molecule has 11 nitrogen and oxygen atoms in total. The molecule has 3 amide bonds. The lowest BCUT2D eigenvalue weighted by Crippen LogP contribution is -2.49. The third kappa shape index (κ3) is 3.72. The van der Waals surface area contributed by atoms with Crippen LogP contribution in [0.4, 0.5) is 10.5 Å². The third-order valence-electron chi connectivity index (χ3n) is 4.27. The first-order valence-corrected chi connectivity index (χ1v) is 9.91. The molecule has 0 aromatic carbocycles. The van der Waals surface area contributed by atoms with E-state index in [-0.39, 0.29) is 24.8 Å². The summed E-state index contributed by atoms with van der Waals surface area (Å²) in [5.74, 6) is -0.702. The van der Waals surface area contributed by atoms with Crippen LogP contribution in [0, 0.1) is 25.2 Å². The predicted molar refractivity (Wildman–Crippen MR) is 104 cm³/mol. The van der Waals surface area contributed by atoms with Crippen molar-refractivity contribution < 1.29 is 20.9 Å². The minimum atomic E-state index is -4.24. The molecule has 29 heavy (non-hydrogen) atoms. The van der Waals surface area contributed by atoms with Gasteiger partial charge in [0.1, 0.15) is 17.5 Å². The molecule has 3 heterocycles. The minimum Gasteiger partial charge on any atom is -0.346 e. The first-order valence-electron chi connectivity index (χ1n) is 8.47. The summed E-state index contributed by atoms with van der Waals surface area (Å²) < 4.78 is 26.1. The Morgan fingerprint density at radius 3 is 2.76 bits per heavy atom.